The Morgan fingerprint density at radius 1 is 1.14 bits per heavy atom. The second kappa shape index (κ2) is 5.05. The fourth-order valence-corrected chi connectivity index (χ4v) is 2.44. The van der Waals surface area contributed by atoms with E-state index < -0.39 is 11.1 Å². The van der Waals surface area contributed by atoms with Gasteiger partial charge in [-0.1, -0.05) is 30.3 Å². The average molecular weight is 285 g/mol. The van der Waals surface area contributed by atoms with Crippen molar-refractivity contribution in [1.29, 1.82) is 0 Å². The number of benzene rings is 1. The lowest BCUT2D eigenvalue weighted by molar-refractivity contribution is -0.121. The number of hydrogen-bond acceptors (Lipinski definition) is 3. The average Bonchev–Trinajstić information content (AvgIpc) is 3.24. The zero-order chi connectivity index (χ0) is 14.9. The second-order valence-corrected chi connectivity index (χ2v) is 5.29. The van der Waals surface area contributed by atoms with Crippen molar-refractivity contribution >= 4 is 5.91 Å². The lowest BCUT2D eigenvalue weighted by Crippen LogP contribution is -2.37. The lowest BCUT2D eigenvalue weighted by Gasteiger charge is -2.17. The largest absolute Gasteiger partial charge is 0.346 e. The van der Waals surface area contributed by atoms with Crippen molar-refractivity contribution in [2.45, 2.75) is 24.8 Å². The summed E-state index contributed by atoms with van der Waals surface area (Å²) in [5, 5.41) is 7.36. The predicted octanol–water partition coefficient (Wildman–Crippen LogP) is 0.411. The highest BCUT2D eigenvalue weighted by molar-refractivity contribution is 5.80. The monoisotopic (exact) mass is 285 g/mol. The van der Waals surface area contributed by atoms with Crippen molar-refractivity contribution < 1.29 is 4.79 Å². The van der Waals surface area contributed by atoms with Gasteiger partial charge in [-0.05, 0) is 18.4 Å². The maximum absolute atomic E-state index is 12.1. The summed E-state index contributed by atoms with van der Waals surface area (Å²) in [5.41, 5.74) is 0.0425. The molecule has 21 heavy (non-hydrogen) atoms. The lowest BCUT2D eigenvalue weighted by atomic mass is 10.0. The van der Waals surface area contributed by atoms with E-state index in [2.05, 4.69) is 15.5 Å². The minimum Gasteiger partial charge on any atom is -0.346 e. The van der Waals surface area contributed by atoms with Crippen LogP contribution in [-0.4, -0.2) is 16.1 Å². The Kier molecular flexibility index (Phi) is 3.21. The van der Waals surface area contributed by atoms with Crippen LogP contribution in [-0.2, 0) is 16.8 Å². The van der Waals surface area contributed by atoms with Crippen LogP contribution in [0.1, 0.15) is 24.0 Å². The van der Waals surface area contributed by atoms with E-state index in [0.717, 1.165) is 24.5 Å². The summed E-state index contributed by atoms with van der Waals surface area (Å²) in [5.74, 6) is -0.257. The molecule has 0 spiro atoms. The number of aromatic amines is 2. The van der Waals surface area contributed by atoms with Gasteiger partial charge in [-0.25, -0.2) is 0 Å². The fraction of sp³-hybridized carbons (Fsp3) is 0.267. The van der Waals surface area contributed by atoms with Gasteiger partial charge in [0.05, 0.1) is 12.0 Å². The van der Waals surface area contributed by atoms with Gasteiger partial charge in [0.1, 0.15) is 0 Å². The molecule has 1 aliphatic carbocycles. The molecule has 0 radical (unpaired) electrons. The van der Waals surface area contributed by atoms with Crippen molar-refractivity contribution in [2.75, 3.05) is 0 Å². The predicted molar refractivity (Wildman–Crippen MR) is 76.9 cm³/mol. The molecule has 0 bridgehead atoms. The van der Waals surface area contributed by atoms with Gasteiger partial charge in [0, 0.05) is 11.6 Å². The highest BCUT2D eigenvalue weighted by atomic mass is 16.2. The summed E-state index contributed by atoms with van der Waals surface area (Å²) < 4.78 is 0. The zero-order valence-electron chi connectivity index (χ0n) is 11.3. The van der Waals surface area contributed by atoms with Gasteiger partial charge in [0.25, 0.3) is 11.1 Å². The van der Waals surface area contributed by atoms with Crippen LogP contribution in [0.4, 0.5) is 0 Å². The number of H-pyrrole nitrogens is 2. The number of hydrogen-bond donors (Lipinski definition) is 3. The van der Waals surface area contributed by atoms with E-state index in [9.17, 15) is 14.4 Å². The number of carbonyl (C=O) groups excluding carboxylic acids is 1. The molecular weight excluding hydrogens is 270 g/mol. The summed E-state index contributed by atoms with van der Waals surface area (Å²) in [4.78, 5) is 34.9. The number of amides is 1. The maximum atomic E-state index is 12.1. The molecule has 6 nitrogen and oxygen atoms in total. The molecule has 1 saturated carbocycles. The Hall–Kier alpha value is -2.63. The molecule has 0 unspecified atom stereocenters. The smallest absolute Gasteiger partial charge is 0.266 e. The van der Waals surface area contributed by atoms with Crippen molar-refractivity contribution in [3.63, 3.8) is 0 Å². The Bertz CT molecular complexity index is 772. The van der Waals surface area contributed by atoms with Crippen LogP contribution in [0.2, 0.25) is 0 Å². The van der Waals surface area contributed by atoms with Crippen LogP contribution in [0, 0.1) is 0 Å². The van der Waals surface area contributed by atoms with E-state index in [1.807, 2.05) is 30.3 Å². The van der Waals surface area contributed by atoms with Gasteiger partial charge in [-0.3, -0.25) is 24.6 Å². The summed E-state index contributed by atoms with van der Waals surface area (Å²) >= 11 is 0. The number of carbonyl (C=O) groups is 1. The molecule has 3 rings (SSSR count). The minimum absolute atomic E-state index is 0.103. The van der Waals surface area contributed by atoms with Crippen molar-refractivity contribution in [2.24, 2.45) is 0 Å². The summed E-state index contributed by atoms with van der Waals surface area (Å²) in [7, 11) is 0. The third-order valence-corrected chi connectivity index (χ3v) is 3.70. The quantitative estimate of drug-likeness (QED) is 0.759. The molecule has 0 atom stereocenters. The van der Waals surface area contributed by atoms with Gasteiger partial charge < -0.3 is 5.32 Å². The van der Waals surface area contributed by atoms with Crippen LogP contribution in [0.25, 0.3) is 0 Å². The Balaban J connectivity index is 1.74. The third kappa shape index (κ3) is 2.79. The van der Waals surface area contributed by atoms with E-state index >= 15 is 0 Å². The van der Waals surface area contributed by atoms with E-state index in [1.165, 1.54) is 0 Å². The molecule has 1 aromatic heterocycles. The SMILES string of the molecule is O=C(Cc1cc(=O)[nH][nH]c1=O)NC1(c2ccccc2)CC1. The first-order chi connectivity index (χ1) is 10.1. The molecule has 0 aliphatic heterocycles. The second-order valence-electron chi connectivity index (χ2n) is 5.29. The van der Waals surface area contributed by atoms with Crippen molar-refractivity contribution in [1.82, 2.24) is 15.5 Å². The van der Waals surface area contributed by atoms with Gasteiger partial charge in [0.2, 0.25) is 5.91 Å². The molecule has 0 saturated heterocycles. The van der Waals surface area contributed by atoms with Crippen molar-refractivity contribution in [3.8, 4) is 0 Å². The molecule has 3 N–H and O–H groups in total. The maximum Gasteiger partial charge on any atom is 0.266 e. The Morgan fingerprint density at radius 3 is 2.52 bits per heavy atom. The summed E-state index contributed by atoms with van der Waals surface area (Å²) in [6, 6.07) is 10.9. The normalized spacial score (nSPS) is 15.4. The number of nitrogens with one attached hydrogen (secondary N) is 3. The van der Waals surface area contributed by atoms with Crippen LogP contribution >= 0.6 is 0 Å². The van der Waals surface area contributed by atoms with Gasteiger partial charge >= 0.3 is 0 Å². The first-order valence-electron chi connectivity index (χ1n) is 6.76. The third-order valence-electron chi connectivity index (χ3n) is 3.70. The van der Waals surface area contributed by atoms with E-state index in [4.69, 9.17) is 0 Å². The van der Waals surface area contributed by atoms with Crippen LogP contribution in [0.15, 0.2) is 46.0 Å². The topological polar surface area (TPSA) is 94.8 Å². The standard InChI is InChI=1S/C15H15N3O3/c19-12(8-10-9-13(20)17-18-14(10)21)16-15(6-7-15)11-4-2-1-3-5-11/h1-5,9H,6-8H2,(H,16,19)(H,17,20)(H,18,21). The summed E-state index contributed by atoms with van der Waals surface area (Å²) in [6.07, 6.45) is 1.66. The Labute approximate surface area is 120 Å². The van der Waals surface area contributed by atoms with Crippen LogP contribution < -0.4 is 16.4 Å². The van der Waals surface area contributed by atoms with E-state index in [-0.39, 0.29) is 23.4 Å². The fourth-order valence-electron chi connectivity index (χ4n) is 2.44. The highest BCUT2D eigenvalue weighted by Gasteiger charge is 2.45. The highest BCUT2D eigenvalue weighted by Crippen LogP contribution is 2.45. The number of aromatic nitrogens is 2. The van der Waals surface area contributed by atoms with Gasteiger partial charge in [-0.2, -0.15) is 0 Å². The van der Waals surface area contributed by atoms with Gasteiger partial charge in [-0.15, -0.1) is 0 Å². The van der Waals surface area contributed by atoms with Crippen molar-refractivity contribution in [3.05, 3.63) is 68.2 Å². The number of rotatable bonds is 4. The molecular formula is C15H15N3O3. The van der Waals surface area contributed by atoms with Crippen LogP contribution in [0.3, 0.4) is 0 Å². The Morgan fingerprint density at radius 2 is 1.86 bits per heavy atom. The molecule has 108 valence electrons. The molecule has 1 aromatic carbocycles. The molecule has 1 amide bonds. The molecule has 1 fully saturated rings. The van der Waals surface area contributed by atoms with Gasteiger partial charge in [0.15, 0.2) is 0 Å². The first kappa shape index (κ1) is 13.4. The first-order valence-corrected chi connectivity index (χ1v) is 6.76. The molecule has 1 aliphatic rings. The summed E-state index contributed by atoms with van der Waals surface area (Å²) in [6.45, 7) is 0. The molecule has 6 heteroatoms. The zero-order valence-corrected chi connectivity index (χ0v) is 11.3. The van der Waals surface area contributed by atoms with E-state index in [1.54, 1.807) is 0 Å². The van der Waals surface area contributed by atoms with Crippen LogP contribution in [0.5, 0.6) is 0 Å². The van der Waals surface area contributed by atoms with E-state index in [0.29, 0.717) is 0 Å². The minimum atomic E-state index is -0.450. The molecule has 1 heterocycles. The molecule has 2 aromatic rings.